The number of carbonyl (C=O) groups is 1. The van der Waals surface area contributed by atoms with E-state index in [0.717, 1.165) is 12.8 Å². The molecule has 1 aliphatic rings. The molecular formula is C11H17N3O4S2. The van der Waals surface area contributed by atoms with Crippen LogP contribution in [0.2, 0.25) is 0 Å². The standard InChI is InChI=1S/C11H17N3O4S2/c1-19-11(3-4-11)8-13-20(17,18)9-6-12-14(7-9)5-2-10(15)16/h6-7,13H,2-5,8H2,1H3,(H,15,16). The summed E-state index contributed by atoms with van der Waals surface area (Å²) < 4.78 is 28.1. The van der Waals surface area contributed by atoms with E-state index in [-0.39, 0.29) is 22.6 Å². The number of rotatable bonds is 8. The fourth-order valence-corrected chi connectivity index (χ4v) is 3.62. The van der Waals surface area contributed by atoms with Crippen LogP contribution in [0, 0.1) is 0 Å². The van der Waals surface area contributed by atoms with E-state index in [4.69, 9.17) is 5.11 Å². The average Bonchev–Trinajstić information content (AvgIpc) is 3.02. The maximum absolute atomic E-state index is 12.1. The van der Waals surface area contributed by atoms with Gasteiger partial charge < -0.3 is 5.11 Å². The van der Waals surface area contributed by atoms with Gasteiger partial charge in [-0.2, -0.15) is 16.9 Å². The van der Waals surface area contributed by atoms with Crippen LogP contribution in [0.4, 0.5) is 0 Å². The molecular weight excluding hydrogens is 302 g/mol. The summed E-state index contributed by atoms with van der Waals surface area (Å²) in [4.78, 5) is 10.5. The topological polar surface area (TPSA) is 101 Å². The Labute approximate surface area is 121 Å². The molecule has 20 heavy (non-hydrogen) atoms. The third kappa shape index (κ3) is 3.74. The second-order valence-electron chi connectivity index (χ2n) is 4.79. The zero-order valence-electron chi connectivity index (χ0n) is 11.1. The number of aromatic nitrogens is 2. The Morgan fingerprint density at radius 2 is 2.30 bits per heavy atom. The first kappa shape index (κ1) is 15.3. The van der Waals surface area contributed by atoms with Crippen LogP contribution in [0.15, 0.2) is 17.3 Å². The molecule has 1 aliphatic carbocycles. The van der Waals surface area contributed by atoms with Gasteiger partial charge in [0, 0.05) is 17.5 Å². The Kier molecular flexibility index (Phi) is 4.40. The highest BCUT2D eigenvalue weighted by Crippen LogP contribution is 2.46. The van der Waals surface area contributed by atoms with Crippen molar-refractivity contribution >= 4 is 27.8 Å². The second kappa shape index (κ2) is 5.74. The fraction of sp³-hybridized carbons (Fsp3) is 0.636. The Morgan fingerprint density at radius 3 is 2.85 bits per heavy atom. The zero-order chi connectivity index (χ0) is 14.8. The van der Waals surface area contributed by atoms with E-state index >= 15 is 0 Å². The molecule has 1 fully saturated rings. The van der Waals surface area contributed by atoms with E-state index in [2.05, 4.69) is 9.82 Å². The lowest BCUT2D eigenvalue weighted by molar-refractivity contribution is -0.137. The summed E-state index contributed by atoms with van der Waals surface area (Å²) >= 11 is 1.68. The molecule has 0 radical (unpaired) electrons. The van der Waals surface area contributed by atoms with Gasteiger partial charge in [-0.15, -0.1) is 0 Å². The largest absolute Gasteiger partial charge is 0.481 e. The third-order valence-corrected chi connectivity index (χ3v) is 6.07. The van der Waals surface area contributed by atoms with Crippen molar-refractivity contribution in [3.63, 3.8) is 0 Å². The van der Waals surface area contributed by atoms with E-state index in [9.17, 15) is 13.2 Å². The van der Waals surface area contributed by atoms with Crippen LogP contribution >= 0.6 is 11.8 Å². The molecule has 0 amide bonds. The maximum atomic E-state index is 12.1. The molecule has 1 heterocycles. The van der Waals surface area contributed by atoms with Gasteiger partial charge in [-0.05, 0) is 19.1 Å². The number of hydrogen-bond donors (Lipinski definition) is 2. The van der Waals surface area contributed by atoms with Crippen LogP contribution in [-0.2, 0) is 21.4 Å². The van der Waals surface area contributed by atoms with Gasteiger partial charge in [-0.25, -0.2) is 13.1 Å². The SMILES string of the molecule is CSC1(CNS(=O)(=O)c2cnn(CCC(=O)O)c2)CC1. The van der Waals surface area contributed by atoms with E-state index in [0.29, 0.717) is 6.54 Å². The van der Waals surface area contributed by atoms with Crippen molar-refractivity contribution in [1.82, 2.24) is 14.5 Å². The maximum Gasteiger partial charge on any atom is 0.305 e. The molecule has 0 spiro atoms. The van der Waals surface area contributed by atoms with Crippen LogP contribution in [0.3, 0.4) is 0 Å². The molecule has 0 aromatic carbocycles. The molecule has 2 N–H and O–H groups in total. The first-order valence-corrected chi connectivity index (χ1v) is 8.87. The van der Waals surface area contributed by atoms with Crippen molar-refractivity contribution in [2.45, 2.75) is 35.4 Å². The van der Waals surface area contributed by atoms with Gasteiger partial charge in [-0.1, -0.05) is 0 Å². The smallest absolute Gasteiger partial charge is 0.305 e. The van der Waals surface area contributed by atoms with Crippen molar-refractivity contribution in [2.75, 3.05) is 12.8 Å². The second-order valence-corrected chi connectivity index (χ2v) is 7.84. The number of thioether (sulfide) groups is 1. The number of aliphatic carboxylic acids is 1. The van der Waals surface area contributed by atoms with E-state index in [1.54, 1.807) is 11.8 Å². The van der Waals surface area contributed by atoms with Gasteiger partial charge in [0.05, 0.1) is 19.2 Å². The van der Waals surface area contributed by atoms with Crippen LogP contribution < -0.4 is 4.72 Å². The number of hydrogen-bond acceptors (Lipinski definition) is 5. The monoisotopic (exact) mass is 319 g/mol. The highest BCUT2D eigenvalue weighted by atomic mass is 32.2. The number of sulfonamides is 1. The molecule has 0 saturated heterocycles. The zero-order valence-corrected chi connectivity index (χ0v) is 12.7. The molecule has 1 aromatic heterocycles. The van der Waals surface area contributed by atoms with Crippen molar-refractivity contribution < 1.29 is 18.3 Å². The normalized spacial score (nSPS) is 17.1. The van der Waals surface area contributed by atoms with E-state index < -0.39 is 16.0 Å². The quantitative estimate of drug-likeness (QED) is 0.725. The van der Waals surface area contributed by atoms with E-state index in [1.807, 2.05) is 6.26 Å². The predicted molar refractivity (Wildman–Crippen MR) is 75.1 cm³/mol. The van der Waals surface area contributed by atoms with Crippen molar-refractivity contribution in [3.8, 4) is 0 Å². The summed E-state index contributed by atoms with van der Waals surface area (Å²) in [6, 6.07) is 0. The van der Waals surface area contributed by atoms with Crippen LogP contribution in [0.25, 0.3) is 0 Å². The van der Waals surface area contributed by atoms with Gasteiger partial charge >= 0.3 is 5.97 Å². The number of carboxylic acids is 1. The Hall–Kier alpha value is -1.06. The van der Waals surface area contributed by atoms with Crippen LogP contribution in [0.1, 0.15) is 19.3 Å². The van der Waals surface area contributed by atoms with Gasteiger partial charge in [0.15, 0.2) is 0 Å². The van der Waals surface area contributed by atoms with E-state index in [1.165, 1.54) is 17.1 Å². The molecule has 0 bridgehead atoms. The average molecular weight is 319 g/mol. The molecule has 1 aromatic rings. The first-order valence-electron chi connectivity index (χ1n) is 6.16. The highest BCUT2D eigenvalue weighted by Gasteiger charge is 2.42. The molecule has 2 rings (SSSR count). The Morgan fingerprint density at radius 1 is 1.60 bits per heavy atom. The summed E-state index contributed by atoms with van der Waals surface area (Å²) in [6.45, 7) is 0.566. The van der Waals surface area contributed by atoms with Gasteiger partial charge in [0.2, 0.25) is 10.0 Å². The van der Waals surface area contributed by atoms with Gasteiger partial charge in [-0.3, -0.25) is 9.48 Å². The minimum atomic E-state index is -3.58. The number of nitrogens with zero attached hydrogens (tertiary/aromatic N) is 2. The molecule has 9 heteroatoms. The summed E-state index contributed by atoms with van der Waals surface area (Å²) in [5, 5.41) is 12.4. The highest BCUT2D eigenvalue weighted by molar-refractivity contribution is 8.00. The molecule has 7 nitrogen and oxygen atoms in total. The lowest BCUT2D eigenvalue weighted by Crippen LogP contribution is -2.31. The third-order valence-electron chi connectivity index (χ3n) is 3.30. The summed E-state index contributed by atoms with van der Waals surface area (Å²) in [5.41, 5.74) is 0. The van der Waals surface area contributed by atoms with Crippen molar-refractivity contribution in [3.05, 3.63) is 12.4 Å². The van der Waals surface area contributed by atoms with Crippen LogP contribution in [0.5, 0.6) is 0 Å². The van der Waals surface area contributed by atoms with Crippen molar-refractivity contribution in [1.29, 1.82) is 0 Å². The number of nitrogens with one attached hydrogen (secondary N) is 1. The molecule has 0 aliphatic heterocycles. The minimum absolute atomic E-state index is 0.0480. The Bertz CT molecular complexity index is 593. The van der Waals surface area contributed by atoms with Crippen LogP contribution in [-0.4, -0.2) is 46.8 Å². The Balaban J connectivity index is 1.97. The first-order chi connectivity index (χ1) is 9.37. The van der Waals surface area contributed by atoms with Gasteiger partial charge in [0.1, 0.15) is 4.90 Å². The minimum Gasteiger partial charge on any atom is -0.481 e. The molecule has 1 saturated carbocycles. The summed E-state index contributed by atoms with van der Waals surface area (Å²) in [5.74, 6) is -0.946. The summed E-state index contributed by atoms with van der Waals surface area (Å²) in [7, 11) is -3.58. The summed E-state index contributed by atoms with van der Waals surface area (Å²) in [6.07, 6.45) is 6.52. The molecule has 0 unspecified atom stereocenters. The number of carboxylic acid groups (broad SMARTS) is 1. The van der Waals surface area contributed by atoms with Gasteiger partial charge in [0.25, 0.3) is 0 Å². The molecule has 112 valence electrons. The lowest BCUT2D eigenvalue weighted by Gasteiger charge is -2.12. The lowest BCUT2D eigenvalue weighted by atomic mass is 10.4. The predicted octanol–water partition coefficient (Wildman–Crippen LogP) is 0.532. The molecule has 0 atom stereocenters. The number of aryl methyl sites for hydroxylation is 1. The fourth-order valence-electron chi connectivity index (χ4n) is 1.72. The van der Waals surface area contributed by atoms with Crippen molar-refractivity contribution in [2.24, 2.45) is 0 Å².